The Kier molecular flexibility index (Phi) is 2.82. The molecule has 2 aliphatic rings. The van der Waals surface area contributed by atoms with Gasteiger partial charge in [0, 0.05) is 12.2 Å². The van der Waals surface area contributed by atoms with Crippen LogP contribution in [0.4, 0.5) is 5.69 Å². The van der Waals surface area contributed by atoms with Crippen molar-refractivity contribution in [3.05, 3.63) is 24.0 Å². The Morgan fingerprint density at radius 2 is 2.20 bits per heavy atom. The molecule has 0 radical (unpaired) electrons. The summed E-state index contributed by atoms with van der Waals surface area (Å²) in [7, 11) is 0. The molecule has 2 bridgehead atoms. The lowest BCUT2D eigenvalue weighted by Gasteiger charge is -2.39. The molecule has 3 rings (SSSR count). The zero-order valence-electron chi connectivity index (χ0n) is 12.4. The van der Waals surface area contributed by atoms with Gasteiger partial charge >= 0.3 is 0 Å². The van der Waals surface area contributed by atoms with Gasteiger partial charge in [0.05, 0.1) is 5.69 Å². The van der Waals surface area contributed by atoms with Crippen LogP contribution in [-0.2, 0) is 0 Å². The monoisotopic (exact) mass is 273 g/mol. The van der Waals surface area contributed by atoms with E-state index in [1.54, 1.807) is 18.3 Å². The molecular weight excluding hydrogens is 250 g/mol. The number of hydrogen-bond donors (Lipinski definition) is 2. The Morgan fingerprint density at radius 1 is 1.45 bits per heavy atom. The average molecular weight is 273 g/mol. The first-order valence-corrected chi connectivity index (χ1v) is 7.37. The third-order valence-electron chi connectivity index (χ3n) is 6.15. The second-order valence-electron chi connectivity index (χ2n) is 7.08. The van der Waals surface area contributed by atoms with Crippen LogP contribution in [0.5, 0.6) is 0 Å². The SMILES string of the molecule is CC1(C)C2CCC1(C)C(NC(=O)c1ncccc1N)C2. The van der Waals surface area contributed by atoms with Crippen LogP contribution < -0.4 is 11.1 Å². The smallest absolute Gasteiger partial charge is 0.272 e. The highest BCUT2D eigenvalue weighted by Gasteiger charge is 2.61. The number of hydrogen-bond acceptors (Lipinski definition) is 3. The Balaban J connectivity index is 1.81. The van der Waals surface area contributed by atoms with E-state index in [1.807, 2.05) is 0 Å². The molecule has 0 saturated heterocycles. The van der Waals surface area contributed by atoms with Crippen LogP contribution in [0.1, 0.15) is 50.5 Å². The molecule has 3 unspecified atom stereocenters. The van der Waals surface area contributed by atoms with Crippen molar-refractivity contribution >= 4 is 11.6 Å². The Bertz CT molecular complexity index is 554. The van der Waals surface area contributed by atoms with E-state index in [1.165, 1.54) is 12.8 Å². The van der Waals surface area contributed by atoms with E-state index >= 15 is 0 Å². The first-order chi connectivity index (χ1) is 9.36. The Labute approximate surface area is 120 Å². The number of carbonyl (C=O) groups excluding carboxylic acids is 1. The molecule has 3 atom stereocenters. The van der Waals surface area contributed by atoms with Gasteiger partial charge in [-0.25, -0.2) is 4.98 Å². The van der Waals surface area contributed by atoms with Crippen molar-refractivity contribution in [3.63, 3.8) is 0 Å². The number of nitrogens with two attached hydrogens (primary N) is 1. The number of aromatic nitrogens is 1. The summed E-state index contributed by atoms with van der Waals surface area (Å²) in [5.74, 6) is 0.566. The molecule has 0 spiro atoms. The van der Waals surface area contributed by atoms with Crippen LogP contribution in [0, 0.1) is 16.7 Å². The van der Waals surface area contributed by atoms with E-state index < -0.39 is 0 Å². The molecule has 4 nitrogen and oxygen atoms in total. The zero-order chi connectivity index (χ0) is 14.5. The topological polar surface area (TPSA) is 68.0 Å². The van der Waals surface area contributed by atoms with Crippen LogP contribution in [0.2, 0.25) is 0 Å². The highest BCUT2D eigenvalue weighted by molar-refractivity contribution is 5.97. The molecule has 0 aliphatic heterocycles. The first kappa shape index (κ1) is 13.4. The van der Waals surface area contributed by atoms with Crippen LogP contribution in [0.25, 0.3) is 0 Å². The Morgan fingerprint density at radius 3 is 2.75 bits per heavy atom. The molecular formula is C16H23N3O. The van der Waals surface area contributed by atoms with Gasteiger partial charge in [-0.15, -0.1) is 0 Å². The lowest BCUT2D eigenvalue weighted by atomic mass is 9.69. The van der Waals surface area contributed by atoms with Gasteiger partial charge < -0.3 is 11.1 Å². The van der Waals surface area contributed by atoms with Gasteiger partial charge in [-0.05, 0) is 48.1 Å². The summed E-state index contributed by atoms with van der Waals surface area (Å²) in [4.78, 5) is 16.5. The fourth-order valence-electron chi connectivity index (χ4n) is 4.26. The third kappa shape index (κ3) is 1.67. The lowest BCUT2D eigenvalue weighted by Crippen LogP contribution is -2.47. The third-order valence-corrected chi connectivity index (χ3v) is 6.15. The van der Waals surface area contributed by atoms with Crippen molar-refractivity contribution in [2.45, 2.75) is 46.1 Å². The number of fused-ring (bicyclic) bond motifs is 2. The van der Waals surface area contributed by atoms with Crippen molar-refractivity contribution in [2.75, 3.05) is 5.73 Å². The van der Waals surface area contributed by atoms with Crippen LogP contribution >= 0.6 is 0 Å². The maximum Gasteiger partial charge on any atom is 0.272 e. The molecule has 1 aromatic heterocycles. The lowest BCUT2D eigenvalue weighted by molar-refractivity contribution is 0.0822. The van der Waals surface area contributed by atoms with Crippen molar-refractivity contribution in [2.24, 2.45) is 16.7 Å². The zero-order valence-corrected chi connectivity index (χ0v) is 12.4. The fourth-order valence-corrected chi connectivity index (χ4v) is 4.26. The fraction of sp³-hybridized carbons (Fsp3) is 0.625. The van der Waals surface area contributed by atoms with Gasteiger partial charge in [0.25, 0.3) is 5.91 Å². The van der Waals surface area contributed by atoms with Crippen LogP contribution in [0.15, 0.2) is 18.3 Å². The molecule has 2 saturated carbocycles. The normalized spacial score (nSPS) is 34.1. The maximum absolute atomic E-state index is 12.4. The van der Waals surface area contributed by atoms with Crippen molar-refractivity contribution < 1.29 is 4.79 Å². The number of rotatable bonds is 2. The molecule has 1 aromatic rings. The molecule has 0 aromatic carbocycles. The Hall–Kier alpha value is -1.58. The van der Waals surface area contributed by atoms with Crippen LogP contribution in [-0.4, -0.2) is 16.9 Å². The summed E-state index contributed by atoms with van der Waals surface area (Å²) in [5, 5.41) is 3.18. The van der Waals surface area contributed by atoms with E-state index in [-0.39, 0.29) is 17.4 Å². The second-order valence-corrected chi connectivity index (χ2v) is 7.08. The van der Waals surface area contributed by atoms with Crippen molar-refractivity contribution in [3.8, 4) is 0 Å². The average Bonchev–Trinajstić information content (AvgIpc) is 2.72. The maximum atomic E-state index is 12.4. The minimum Gasteiger partial charge on any atom is -0.397 e. The standard InChI is InChI=1S/C16H23N3O/c1-15(2)10-6-7-16(15,3)12(9-10)19-14(20)13-11(17)5-4-8-18-13/h4-5,8,10,12H,6-7,9,17H2,1-3H3,(H,19,20). The summed E-state index contributed by atoms with van der Waals surface area (Å²) >= 11 is 0. The largest absolute Gasteiger partial charge is 0.397 e. The number of amides is 1. The summed E-state index contributed by atoms with van der Waals surface area (Å²) in [6.07, 6.45) is 5.15. The van der Waals surface area contributed by atoms with Gasteiger partial charge in [-0.2, -0.15) is 0 Å². The molecule has 3 N–H and O–H groups in total. The number of nitrogens with zero attached hydrogens (tertiary/aromatic N) is 1. The summed E-state index contributed by atoms with van der Waals surface area (Å²) in [6, 6.07) is 3.69. The minimum absolute atomic E-state index is 0.141. The van der Waals surface area contributed by atoms with E-state index in [2.05, 4.69) is 31.1 Å². The highest BCUT2D eigenvalue weighted by atomic mass is 16.2. The number of carbonyl (C=O) groups is 1. The summed E-state index contributed by atoms with van der Waals surface area (Å²) in [6.45, 7) is 6.99. The van der Waals surface area contributed by atoms with E-state index in [4.69, 9.17) is 5.73 Å². The van der Waals surface area contributed by atoms with Gasteiger partial charge in [0.15, 0.2) is 5.69 Å². The number of nitrogen functional groups attached to an aromatic ring is 1. The van der Waals surface area contributed by atoms with Crippen molar-refractivity contribution in [1.82, 2.24) is 10.3 Å². The second kappa shape index (κ2) is 4.21. The van der Waals surface area contributed by atoms with Gasteiger partial charge in [0.1, 0.15) is 0 Å². The molecule has 108 valence electrons. The van der Waals surface area contributed by atoms with Crippen LogP contribution in [0.3, 0.4) is 0 Å². The molecule has 20 heavy (non-hydrogen) atoms. The molecule has 2 fully saturated rings. The van der Waals surface area contributed by atoms with E-state index in [0.717, 1.165) is 6.42 Å². The molecule has 4 heteroatoms. The van der Waals surface area contributed by atoms with Gasteiger partial charge in [-0.1, -0.05) is 20.8 Å². The number of anilines is 1. The highest BCUT2D eigenvalue weighted by Crippen LogP contribution is 2.65. The predicted molar refractivity (Wildman–Crippen MR) is 79.1 cm³/mol. The minimum atomic E-state index is -0.141. The molecule has 1 amide bonds. The van der Waals surface area contributed by atoms with Crippen molar-refractivity contribution in [1.29, 1.82) is 0 Å². The van der Waals surface area contributed by atoms with Gasteiger partial charge in [-0.3, -0.25) is 4.79 Å². The number of nitrogens with one attached hydrogen (secondary N) is 1. The number of pyridine rings is 1. The summed E-state index contributed by atoms with van der Waals surface area (Å²) < 4.78 is 0. The first-order valence-electron chi connectivity index (χ1n) is 7.37. The van der Waals surface area contributed by atoms with E-state index in [0.29, 0.717) is 22.7 Å². The predicted octanol–water partition coefficient (Wildman–Crippen LogP) is 2.61. The quantitative estimate of drug-likeness (QED) is 0.870. The molecule has 2 aliphatic carbocycles. The molecule has 1 heterocycles. The van der Waals surface area contributed by atoms with E-state index in [9.17, 15) is 4.79 Å². The summed E-state index contributed by atoms with van der Waals surface area (Å²) in [5.41, 5.74) is 7.09. The van der Waals surface area contributed by atoms with Gasteiger partial charge in [0.2, 0.25) is 0 Å².